The van der Waals surface area contributed by atoms with Gasteiger partial charge in [-0.25, -0.2) is 0 Å². The van der Waals surface area contributed by atoms with Crippen LogP contribution in [0.15, 0.2) is 24.3 Å². The fourth-order valence-corrected chi connectivity index (χ4v) is 1.77. The second-order valence-corrected chi connectivity index (χ2v) is 5.94. The monoisotopic (exact) mass is 311 g/mol. The molecule has 21 heavy (non-hydrogen) atoms. The molecule has 0 saturated carbocycles. The SMILES string of the molecule is CC(C)(CN)NC(=O)CCCNC(=O)c1ccc(Cl)cc1. The van der Waals surface area contributed by atoms with Gasteiger partial charge < -0.3 is 16.4 Å². The van der Waals surface area contributed by atoms with E-state index in [1.54, 1.807) is 24.3 Å². The molecule has 0 aliphatic rings. The van der Waals surface area contributed by atoms with Crippen molar-refractivity contribution in [1.29, 1.82) is 0 Å². The van der Waals surface area contributed by atoms with Crippen molar-refractivity contribution in [3.63, 3.8) is 0 Å². The summed E-state index contributed by atoms with van der Waals surface area (Å²) >= 11 is 5.76. The van der Waals surface area contributed by atoms with Crippen molar-refractivity contribution in [3.05, 3.63) is 34.9 Å². The van der Waals surface area contributed by atoms with Gasteiger partial charge in [0.1, 0.15) is 0 Å². The highest BCUT2D eigenvalue weighted by molar-refractivity contribution is 6.30. The number of hydrogen-bond donors (Lipinski definition) is 3. The Labute approximate surface area is 130 Å². The fraction of sp³-hybridized carbons (Fsp3) is 0.467. The molecule has 2 amide bonds. The zero-order valence-electron chi connectivity index (χ0n) is 12.4. The Morgan fingerprint density at radius 3 is 2.43 bits per heavy atom. The molecule has 1 aromatic rings. The van der Waals surface area contributed by atoms with Crippen LogP contribution in [-0.2, 0) is 4.79 Å². The van der Waals surface area contributed by atoms with Crippen molar-refractivity contribution in [1.82, 2.24) is 10.6 Å². The summed E-state index contributed by atoms with van der Waals surface area (Å²) in [5, 5.41) is 6.19. The summed E-state index contributed by atoms with van der Waals surface area (Å²) in [6, 6.07) is 6.65. The average Bonchev–Trinajstić information content (AvgIpc) is 2.43. The molecular formula is C15H22ClN3O2. The maximum absolute atomic E-state index is 11.8. The van der Waals surface area contributed by atoms with Crippen LogP contribution in [0.5, 0.6) is 0 Å². The van der Waals surface area contributed by atoms with E-state index >= 15 is 0 Å². The minimum absolute atomic E-state index is 0.0637. The Morgan fingerprint density at radius 1 is 1.24 bits per heavy atom. The van der Waals surface area contributed by atoms with E-state index in [-0.39, 0.29) is 11.8 Å². The Hall–Kier alpha value is -1.59. The van der Waals surface area contributed by atoms with Gasteiger partial charge in [0.25, 0.3) is 5.91 Å². The molecule has 1 rings (SSSR count). The summed E-state index contributed by atoms with van der Waals surface area (Å²) in [6.45, 7) is 4.56. The Morgan fingerprint density at radius 2 is 1.86 bits per heavy atom. The minimum atomic E-state index is -0.399. The molecule has 6 heteroatoms. The van der Waals surface area contributed by atoms with Gasteiger partial charge >= 0.3 is 0 Å². The average molecular weight is 312 g/mol. The number of hydrogen-bond acceptors (Lipinski definition) is 3. The molecular weight excluding hydrogens is 290 g/mol. The number of rotatable bonds is 7. The molecule has 0 fully saturated rings. The third-order valence-electron chi connectivity index (χ3n) is 2.96. The second kappa shape index (κ2) is 8.00. The number of nitrogens with one attached hydrogen (secondary N) is 2. The highest BCUT2D eigenvalue weighted by Crippen LogP contribution is 2.09. The molecule has 5 nitrogen and oxygen atoms in total. The third kappa shape index (κ3) is 6.60. The Balaban J connectivity index is 2.26. The van der Waals surface area contributed by atoms with Crippen molar-refractivity contribution in [3.8, 4) is 0 Å². The predicted octanol–water partition coefficient (Wildman–Crippen LogP) is 1.70. The molecule has 0 atom stereocenters. The number of halogens is 1. The van der Waals surface area contributed by atoms with Crippen LogP contribution in [0, 0.1) is 0 Å². The maximum atomic E-state index is 11.8. The zero-order chi connectivity index (χ0) is 15.9. The first-order valence-corrected chi connectivity index (χ1v) is 7.27. The summed E-state index contributed by atoms with van der Waals surface area (Å²) in [7, 11) is 0. The van der Waals surface area contributed by atoms with Gasteiger partial charge in [-0.05, 0) is 44.5 Å². The molecule has 4 N–H and O–H groups in total. The molecule has 0 radical (unpaired) electrons. The van der Waals surface area contributed by atoms with Crippen molar-refractivity contribution in [2.24, 2.45) is 5.73 Å². The summed E-state index contributed by atoms with van der Waals surface area (Å²) in [6.07, 6.45) is 0.927. The molecule has 1 aromatic carbocycles. The number of amides is 2. The normalized spacial score (nSPS) is 11.0. The van der Waals surface area contributed by atoms with Gasteiger partial charge in [-0.1, -0.05) is 11.6 Å². The van der Waals surface area contributed by atoms with Crippen molar-refractivity contribution >= 4 is 23.4 Å². The standard InChI is InChI=1S/C15H22ClN3O2/c1-15(2,10-17)19-13(20)4-3-9-18-14(21)11-5-7-12(16)8-6-11/h5-8H,3-4,9-10,17H2,1-2H3,(H,18,21)(H,19,20). The molecule has 0 spiro atoms. The first kappa shape index (κ1) is 17.5. The number of benzene rings is 1. The molecule has 0 aliphatic carbocycles. The first-order chi connectivity index (χ1) is 9.84. The fourth-order valence-electron chi connectivity index (χ4n) is 1.65. The maximum Gasteiger partial charge on any atom is 0.251 e. The number of carbonyl (C=O) groups excluding carboxylic acids is 2. The topological polar surface area (TPSA) is 84.2 Å². The van der Waals surface area contributed by atoms with Crippen LogP contribution in [0.1, 0.15) is 37.0 Å². The molecule has 116 valence electrons. The Kier molecular flexibility index (Phi) is 6.65. The third-order valence-corrected chi connectivity index (χ3v) is 3.21. The van der Waals surface area contributed by atoms with E-state index in [4.69, 9.17) is 17.3 Å². The van der Waals surface area contributed by atoms with E-state index in [1.807, 2.05) is 13.8 Å². The lowest BCUT2D eigenvalue weighted by Gasteiger charge is -2.24. The van der Waals surface area contributed by atoms with Gasteiger partial charge in [-0.3, -0.25) is 9.59 Å². The van der Waals surface area contributed by atoms with Crippen molar-refractivity contribution in [2.75, 3.05) is 13.1 Å². The quantitative estimate of drug-likeness (QED) is 0.670. The van der Waals surface area contributed by atoms with E-state index in [2.05, 4.69) is 10.6 Å². The van der Waals surface area contributed by atoms with Crippen molar-refractivity contribution in [2.45, 2.75) is 32.2 Å². The summed E-state index contributed by atoms with van der Waals surface area (Å²) in [4.78, 5) is 23.5. The lowest BCUT2D eigenvalue weighted by Crippen LogP contribution is -2.48. The van der Waals surface area contributed by atoms with Crippen LogP contribution in [-0.4, -0.2) is 30.4 Å². The van der Waals surface area contributed by atoms with E-state index in [1.165, 1.54) is 0 Å². The predicted molar refractivity (Wildman–Crippen MR) is 84.3 cm³/mol. The summed E-state index contributed by atoms with van der Waals surface area (Å²) in [5.41, 5.74) is 5.69. The minimum Gasteiger partial charge on any atom is -0.352 e. The van der Waals surface area contributed by atoms with Crippen LogP contribution in [0.25, 0.3) is 0 Å². The Bertz CT molecular complexity index is 486. The highest BCUT2D eigenvalue weighted by atomic mass is 35.5. The smallest absolute Gasteiger partial charge is 0.251 e. The van der Waals surface area contributed by atoms with Gasteiger partial charge in [-0.15, -0.1) is 0 Å². The van der Waals surface area contributed by atoms with Crippen LogP contribution >= 0.6 is 11.6 Å². The molecule has 0 aromatic heterocycles. The molecule has 0 aliphatic heterocycles. The van der Waals surface area contributed by atoms with E-state index in [0.29, 0.717) is 36.5 Å². The van der Waals surface area contributed by atoms with Gasteiger partial charge in [0.2, 0.25) is 5.91 Å². The molecule has 0 saturated heterocycles. The van der Waals surface area contributed by atoms with Crippen LogP contribution in [0.2, 0.25) is 5.02 Å². The van der Waals surface area contributed by atoms with E-state index in [9.17, 15) is 9.59 Å². The molecule has 0 bridgehead atoms. The summed E-state index contributed by atoms with van der Waals surface area (Å²) < 4.78 is 0. The highest BCUT2D eigenvalue weighted by Gasteiger charge is 2.17. The largest absolute Gasteiger partial charge is 0.352 e. The molecule has 0 heterocycles. The number of carbonyl (C=O) groups is 2. The van der Waals surface area contributed by atoms with Gasteiger partial charge in [0.05, 0.1) is 0 Å². The number of nitrogens with two attached hydrogens (primary N) is 1. The molecule has 0 unspecified atom stereocenters. The lowest BCUT2D eigenvalue weighted by molar-refractivity contribution is -0.122. The first-order valence-electron chi connectivity index (χ1n) is 6.89. The van der Waals surface area contributed by atoms with Crippen LogP contribution in [0.3, 0.4) is 0 Å². The van der Waals surface area contributed by atoms with Crippen molar-refractivity contribution < 1.29 is 9.59 Å². The van der Waals surface area contributed by atoms with E-state index < -0.39 is 5.54 Å². The van der Waals surface area contributed by atoms with Gasteiger partial charge in [-0.2, -0.15) is 0 Å². The summed E-state index contributed by atoms with van der Waals surface area (Å²) in [5.74, 6) is -0.236. The van der Waals surface area contributed by atoms with Crippen LogP contribution in [0.4, 0.5) is 0 Å². The van der Waals surface area contributed by atoms with E-state index in [0.717, 1.165) is 0 Å². The van der Waals surface area contributed by atoms with Gasteiger partial charge in [0.15, 0.2) is 0 Å². The lowest BCUT2D eigenvalue weighted by atomic mass is 10.1. The zero-order valence-corrected chi connectivity index (χ0v) is 13.2. The van der Waals surface area contributed by atoms with Gasteiger partial charge in [0, 0.05) is 35.6 Å². The second-order valence-electron chi connectivity index (χ2n) is 5.50. The van der Waals surface area contributed by atoms with Crippen LogP contribution < -0.4 is 16.4 Å².